The van der Waals surface area contributed by atoms with Crippen molar-refractivity contribution in [2.75, 3.05) is 13.2 Å². The van der Waals surface area contributed by atoms with Gasteiger partial charge in [0.1, 0.15) is 0 Å². The van der Waals surface area contributed by atoms with Gasteiger partial charge in [0.05, 0.1) is 23.9 Å². The molecule has 0 bridgehead atoms. The van der Waals surface area contributed by atoms with Crippen molar-refractivity contribution < 1.29 is 14.3 Å². The quantitative estimate of drug-likeness (QED) is 0.678. The number of nitrogens with zero attached hydrogens (tertiary/aromatic N) is 3. The lowest BCUT2D eigenvalue weighted by Crippen LogP contribution is -2.33. The fourth-order valence-corrected chi connectivity index (χ4v) is 3.21. The maximum absolute atomic E-state index is 12.7. The molecule has 1 atom stereocenters. The standard InChI is InChI=1S/C20H21N5O3/c26-19(22-12-14-6-1-3-9-21-14)17-16-8-2-4-10-25(16)18(24-17)20(27)23-13-15-7-5-11-28-15/h1-4,6,8-10,15H,5,7,11-13H2,(H,22,26)(H,23,27). The maximum atomic E-state index is 12.7. The largest absolute Gasteiger partial charge is 0.376 e. The molecule has 0 aromatic carbocycles. The number of rotatable bonds is 6. The van der Waals surface area contributed by atoms with Crippen LogP contribution in [-0.2, 0) is 11.3 Å². The zero-order valence-electron chi connectivity index (χ0n) is 15.3. The Morgan fingerprint density at radius 3 is 2.82 bits per heavy atom. The van der Waals surface area contributed by atoms with Crippen molar-refractivity contribution in [2.24, 2.45) is 0 Å². The maximum Gasteiger partial charge on any atom is 0.287 e. The van der Waals surface area contributed by atoms with Crippen LogP contribution in [0.4, 0.5) is 0 Å². The van der Waals surface area contributed by atoms with Crippen LogP contribution in [-0.4, -0.2) is 45.4 Å². The first-order chi connectivity index (χ1) is 13.7. The van der Waals surface area contributed by atoms with Crippen LogP contribution in [0, 0.1) is 0 Å². The minimum atomic E-state index is -0.354. The Labute approximate surface area is 161 Å². The van der Waals surface area contributed by atoms with Gasteiger partial charge in [-0.2, -0.15) is 0 Å². The van der Waals surface area contributed by atoms with Gasteiger partial charge in [-0.15, -0.1) is 0 Å². The van der Waals surface area contributed by atoms with E-state index in [-0.39, 0.29) is 36.0 Å². The Bertz CT molecular complexity index is 980. The Morgan fingerprint density at radius 1 is 1.14 bits per heavy atom. The topological polar surface area (TPSA) is 97.6 Å². The number of carbonyl (C=O) groups excluding carboxylic acids is 2. The average Bonchev–Trinajstić information content (AvgIpc) is 3.39. The molecule has 0 aliphatic carbocycles. The summed E-state index contributed by atoms with van der Waals surface area (Å²) < 4.78 is 7.16. The first kappa shape index (κ1) is 18.1. The number of imidazole rings is 1. The molecule has 0 radical (unpaired) electrons. The second kappa shape index (κ2) is 8.18. The van der Waals surface area contributed by atoms with Gasteiger partial charge in [-0.05, 0) is 37.1 Å². The molecule has 3 aromatic heterocycles. The molecule has 1 aliphatic heterocycles. The number of carbonyl (C=O) groups is 2. The van der Waals surface area contributed by atoms with E-state index in [0.717, 1.165) is 25.1 Å². The average molecular weight is 379 g/mol. The Morgan fingerprint density at radius 2 is 2.04 bits per heavy atom. The first-order valence-electron chi connectivity index (χ1n) is 9.27. The predicted molar refractivity (Wildman–Crippen MR) is 102 cm³/mol. The summed E-state index contributed by atoms with van der Waals surface area (Å²) in [5.74, 6) is -0.510. The second-order valence-electron chi connectivity index (χ2n) is 6.59. The number of nitrogens with one attached hydrogen (secondary N) is 2. The van der Waals surface area contributed by atoms with Crippen molar-refractivity contribution in [3.8, 4) is 0 Å². The van der Waals surface area contributed by atoms with Crippen LogP contribution >= 0.6 is 0 Å². The molecule has 4 rings (SSSR count). The lowest BCUT2D eigenvalue weighted by molar-refractivity contribution is 0.0848. The van der Waals surface area contributed by atoms with Crippen LogP contribution in [0.2, 0.25) is 0 Å². The fraction of sp³-hybridized carbons (Fsp3) is 0.300. The van der Waals surface area contributed by atoms with Crippen molar-refractivity contribution >= 4 is 17.3 Å². The van der Waals surface area contributed by atoms with Crippen molar-refractivity contribution in [1.29, 1.82) is 0 Å². The van der Waals surface area contributed by atoms with Gasteiger partial charge in [-0.1, -0.05) is 12.1 Å². The number of ether oxygens (including phenoxy) is 1. The second-order valence-corrected chi connectivity index (χ2v) is 6.59. The van der Waals surface area contributed by atoms with Gasteiger partial charge in [-0.25, -0.2) is 4.98 Å². The van der Waals surface area contributed by atoms with E-state index >= 15 is 0 Å². The highest BCUT2D eigenvalue weighted by Crippen LogP contribution is 2.14. The monoisotopic (exact) mass is 379 g/mol. The summed E-state index contributed by atoms with van der Waals surface area (Å²) in [6.07, 6.45) is 5.37. The van der Waals surface area contributed by atoms with Crippen LogP contribution in [0.3, 0.4) is 0 Å². The van der Waals surface area contributed by atoms with Crippen molar-refractivity contribution in [1.82, 2.24) is 25.0 Å². The summed E-state index contributed by atoms with van der Waals surface area (Å²) in [4.78, 5) is 33.8. The number of amides is 2. The third kappa shape index (κ3) is 3.86. The molecule has 8 heteroatoms. The van der Waals surface area contributed by atoms with E-state index in [1.807, 2.05) is 18.2 Å². The van der Waals surface area contributed by atoms with E-state index in [4.69, 9.17) is 4.74 Å². The minimum Gasteiger partial charge on any atom is -0.376 e. The molecule has 2 N–H and O–H groups in total. The molecule has 0 saturated carbocycles. The van der Waals surface area contributed by atoms with Crippen molar-refractivity contribution in [2.45, 2.75) is 25.5 Å². The summed E-state index contributed by atoms with van der Waals surface area (Å²) in [6.45, 7) is 1.45. The molecule has 144 valence electrons. The number of hydrogen-bond donors (Lipinski definition) is 2. The van der Waals surface area contributed by atoms with Crippen LogP contribution in [0.1, 0.15) is 39.6 Å². The molecule has 1 unspecified atom stereocenters. The van der Waals surface area contributed by atoms with Gasteiger partial charge in [0.2, 0.25) is 5.82 Å². The highest BCUT2D eigenvalue weighted by molar-refractivity contribution is 6.02. The van der Waals surface area contributed by atoms with Gasteiger partial charge in [0, 0.05) is 25.5 Å². The zero-order chi connectivity index (χ0) is 19.3. The summed E-state index contributed by atoms with van der Waals surface area (Å²) in [5, 5.41) is 5.66. The van der Waals surface area contributed by atoms with Crippen molar-refractivity contribution in [3.05, 3.63) is 66.0 Å². The minimum absolute atomic E-state index is 0.0383. The van der Waals surface area contributed by atoms with E-state index in [2.05, 4.69) is 20.6 Å². The van der Waals surface area contributed by atoms with Gasteiger partial charge >= 0.3 is 0 Å². The lowest BCUT2D eigenvalue weighted by Gasteiger charge is -2.10. The van der Waals surface area contributed by atoms with Crippen LogP contribution in [0.5, 0.6) is 0 Å². The van der Waals surface area contributed by atoms with E-state index in [1.165, 1.54) is 0 Å². The summed E-state index contributed by atoms with van der Waals surface area (Å²) in [5.41, 5.74) is 1.52. The first-order valence-corrected chi connectivity index (χ1v) is 9.27. The van der Waals surface area contributed by atoms with Gasteiger partial charge in [-0.3, -0.25) is 19.0 Å². The molecule has 1 saturated heterocycles. The molecule has 2 amide bonds. The predicted octanol–water partition coefficient (Wildman–Crippen LogP) is 1.57. The fourth-order valence-electron chi connectivity index (χ4n) is 3.21. The molecule has 8 nitrogen and oxygen atoms in total. The third-order valence-corrected chi connectivity index (χ3v) is 4.64. The van der Waals surface area contributed by atoms with E-state index in [0.29, 0.717) is 12.1 Å². The smallest absolute Gasteiger partial charge is 0.287 e. The molecule has 1 aliphatic rings. The Kier molecular flexibility index (Phi) is 5.29. The number of hydrogen-bond acceptors (Lipinski definition) is 5. The van der Waals surface area contributed by atoms with Crippen LogP contribution < -0.4 is 10.6 Å². The van der Waals surface area contributed by atoms with Gasteiger partial charge in [0.15, 0.2) is 5.69 Å². The lowest BCUT2D eigenvalue weighted by atomic mass is 10.2. The Hall–Kier alpha value is -3.26. The molecule has 1 fully saturated rings. The van der Waals surface area contributed by atoms with E-state index in [9.17, 15) is 9.59 Å². The number of aromatic nitrogens is 3. The zero-order valence-corrected chi connectivity index (χ0v) is 15.3. The SMILES string of the molecule is O=C(NCc1ccccn1)c1nc(C(=O)NCC2CCCO2)n2ccccc12. The van der Waals surface area contributed by atoms with Crippen LogP contribution in [0.15, 0.2) is 48.8 Å². The molecular formula is C20H21N5O3. The van der Waals surface area contributed by atoms with Gasteiger partial charge < -0.3 is 15.4 Å². The molecule has 0 spiro atoms. The molecular weight excluding hydrogens is 358 g/mol. The van der Waals surface area contributed by atoms with E-state index < -0.39 is 0 Å². The van der Waals surface area contributed by atoms with E-state index in [1.54, 1.807) is 35.0 Å². The van der Waals surface area contributed by atoms with Gasteiger partial charge in [0.25, 0.3) is 11.8 Å². The number of pyridine rings is 2. The third-order valence-electron chi connectivity index (χ3n) is 4.64. The summed E-state index contributed by atoms with van der Waals surface area (Å²) >= 11 is 0. The Balaban J connectivity index is 1.52. The molecule has 28 heavy (non-hydrogen) atoms. The van der Waals surface area contributed by atoms with Crippen molar-refractivity contribution in [3.63, 3.8) is 0 Å². The molecule has 3 aromatic rings. The highest BCUT2D eigenvalue weighted by Gasteiger charge is 2.23. The normalized spacial score (nSPS) is 16.2. The summed E-state index contributed by atoms with van der Waals surface area (Å²) in [7, 11) is 0. The molecule has 4 heterocycles. The summed E-state index contributed by atoms with van der Waals surface area (Å²) in [6, 6.07) is 10.9. The number of fused-ring (bicyclic) bond motifs is 1. The van der Waals surface area contributed by atoms with Crippen LogP contribution in [0.25, 0.3) is 5.52 Å². The highest BCUT2D eigenvalue weighted by atomic mass is 16.5.